The van der Waals surface area contributed by atoms with Crippen LogP contribution in [0.3, 0.4) is 0 Å². The fourth-order valence-corrected chi connectivity index (χ4v) is 9.09. The number of nitrogens with zero attached hydrogens (tertiary/aromatic N) is 3. The van der Waals surface area contributed by atoms with E-state index in [1.807, 2.05) is 46.8 Å². The molecule has 3 aromatic rings. The molecule has 5 aliphatic heterocycles. The van der Waals surface area contributed by atoms with Gasteiger partial charge in [0.05, 0.1) is 5.69 Å². The van der Waals surface area contributed by atoms with Crippen LogP contribution in [0.5, 0.6) is 5.75 Å². The first kappa shape index (κ1) is 27.7. The predicted molar refractivity (Wildman–Crippen MR) is 163 cm³/mol. The molecule has 3 fully saturated rings. The molecule has 8 rings (SSSR count). The molecule has 0 bridgehead atoms. The minimum absolute atomic E-state index is 0.00837. The minimum atomic E-state index is -2.59. The second-order valence-electron chi connectivity index (χ2n) is 13.7. The number of carbonyl (C=O) groups is 2. The van der Waals surface area contributed by atoms with Crippen molar-refractivity contribution < 1.29 is 29.6 Å². The molecule has 11 heteroatoms. The summed E-state index contributed by atoms with van der Waals surface area (Å²) in [6.07, 6.45) is 3.40. The summed E-state index contributed by atoms with van der Waals surface area (Å²) >= 11 is 6.31. The third kappa shape index (κ3) is 2.61. The van der Waals surface area contributed by atoms with Crippen molar-refractivity contribution in [1.29, 1.82) is 0 Å². The van der Waals surface area contributed by atoms with Crippen LogP contribution in [0.2, 0.25) is 5.02 Å². The number of anilines is 1. The lowest BCUT2D eigenvalue weighted by molar-refractivity contribution is -0.214. The summed E-state index contributed by atoms with van der Waals surface area (Å²) in [5.74, 6) is -2.07. The molecule has 228 valence electrons. The molecule has 1 spiro atoms. The number of phenolic OH excluding ortho intramolecular Hbond substituents is 1. The van der Waals surface area contributed by atoms with Gasteiger partial charge in [-0.25, -0.2) is 0 Å². The molecule has 5 aliphatic rings. The van der Waals surface area contributed by atoms with Gasteiger partial charge in [-0.05, 0) is 38.1 Å². The van der Waals surface area contributed by atoms with E-state index in [2.05, 4.69) is 4.98 Å². The number of hydrogen-bond acceptors (Lipinski definition) is 7. The zero-order chi connectivity index (χ0) is 31.5. The minimum Gasteiger partial charge on any atom is -0.506 e. The summed E-state index contributed by atoms with van der Waals surface area (Å²) in [5.41, 5.74) is -4.71. The lowest BCUT2D eigenvalue weighted by atomic mass is 9.61. The van der Waals surface area contributed by atoms with Crippen molar-refractivity contribution in [2.24, 2.45) is 5.92 Å². The maximum Gasteiger partial charge on any atom is 0.287 e. The number of piperazine rings is 1. The highest BCUT2D eigenvalue weighted by molar-refractivity contribution is 6.31. The average molecular weight is 617 g/mol. The van der Waals surface area contributed by atoms with Gasteiger partial charge in [-0.2, -0.15) is 0 Å². The number of benzene rings is 2. The third-order valence-corrected chi connectivity index (χ3v) is 11.3. The number of fused-ring (bicyclic) bond motifs is 8. The molecule has 2 aromatic carbocycles. The Morgan fingerprint density at radius 3 is 2.48 bits per heavy atom. The number of amides is 2. The number of ether oxygens (including phenoxy) is 1. The van der Waals surface area contributed by atoms with Crippen LogP contribution in [-0.2, 0) is 25.3 Å². The molecule has 1 aromatic heterocycles. The molecule has 4 N–H and O–H groups in total. The number of H-pyrrole nitrogens is 1. The van der Waals surface area contributed by atoms with Gasteiger partial charge < -0.3 is 29.9 Å². The molecule has 2 amide bonds. The predicted octanol–water partition coefficient (Wildman–Crippen LogP) is 3.89. The number of phenols is 1. The molecule has 44 heavy (non-hydrogen) atoms. The summed E-state index contributed by atoms with van der Waals surface area (Å²) < 4.78 is 5.86. The fraction of sp³-hybridized carbons (Fsp3) is 0.394. The van der Waals surface area contributed by atoms with Crippen molar-refractivity contribution in [3.05, 3.63) is 76.2 Å². The van der Waals surface area contributed by atoms with Crippen molar-refractivity contribution in [1.82, 2.24) is 14.8 Å². The van der Waals surface area contributed by atoms with Gasteiger partial charge in [-0.1, -0.05) is 56.6 Å². The lowest BCUT2D eigenvalue weighted by Gasteiger charge is -2.70. The Kier molecular flexibility index (Phi) is 4.95. The van der Waals surface area contributed by atoms with Gasteiger partial charge in [-0.15, -0.1) is 0 Å². The van der Waals surface area contributed by atoms with Crippen LogP contribution in [0.1, 0.15) is 51.4 Å². The standard InChI is InChI=1S/C33H33ClN4O6/c1-16-30(4,5)37-24-20(8-7-9-23(24)39)31(42)27(44-6)32(43)28(41)36-13-12-29(2,3)25-19(18-11-10-17(34)14-21(18)35-25)15-22(36)26(40)38(32)33(16,31)37/h7-16,27,35,39,42-43H,1-6H3/b13-12-,22-15-/t16-,27+,31+,32+,33+/m0/s1. The summed E-state index contributed by atoms with van der Waals surface area (Å²) in [4.78, 5) is 37.3. The molecule has 0 aliphatic carbocycles. The topological polar surface area (TPSA) is 130 Å². The zero-order valence-corrected chi connectivity index (χ0v) is 25.9. The van der Waals surface area contributed by atoms with E-state index in [4.69, 9.17) is 16.3 Å². The maximum atomic E-state index is 15.0. The van der Waals surface area contributed by atoms with Crippen LogP contribution in [-0.4, -0.2) is 72.1 Å². The number of para-hydroxylation sites is 1. The summed E-state index contributed by atoms with van der Waals surface area (Å²) in [7, 11) is 1.30. The van der Waals surface area contributed by atoms with E-state index in [0.29, 0.717) is 16.3 Å². The molecule has 0 radical (unpaired) electrons. The highest BCUT2D eigenvalue weighted by atomic mass is 35.5. The number of carbonyl (C=O) groups excluding carboxylic acids is 2. The van der Waals surface area contributed by atoms with Crippen molar-refractivity contribution >= 4 is 46.1 Å². The largest absolute Gasteiger partial charge is 0.506 e. The Morgan fingerprint density at radius 2 is 1.77 bits per heavy atom. The Bertz CT molecular complexity index is 1930. The van der Waals surface area contributed by atoms with Gasteiger partial charge >= 0.3 is 0 Å². The van der Waals surface area contributed by atoms with Crippen molar-refractivity contribution in [3.8, 4) is 5.75 Å². The molecule has 5 atom stereocenters. The lowest BCUT2D eigenvalue weighted by Crippen LogP contribution is -2.87. The molecular formula is C33H33ClN4O6. The first-order chi connectivity index (χ1) is 20.6. The van der Waals surface area contributed by atoms with Crippen LogP contribution in [0.4, 0.5) is 5.69 Å². The van der Waals surface area contributed by atoms with Gasteiger partial charge in [0.25, 0.3) is 17.5 Å². The number of methoxy groups -OCH3 is 1. The smallest absolute Gasteiger partial charge is 0.287 e. The molecule has 6 heterocycles. The number of allylic oxidation sites excluding steroid dienone is 1. The fourth-order valence-electron chi connectivity index (χ4n) is 8.92. The average Bonchev–Trinajstić information content (AvgIpc) is 3.49. The SMILES string of the molecule is CO[C@@H]1[C@]2(O)c3cccc(O)c3N3C(C)(C)[C@H](C)[C@]32N2C(=O)/C3=C/c4c([nH]c5cc(Cl)ccc45)C(C)(C)/C=C\N3C(=O)[C@]12O. The summed E-state index contributed by atoms with van der Waals surface area (Å²) in [5, 5.41) is 38.1. The number of aromatic amines is 1. The van der Waals surface area contributed by atoms with E-state index in [1.54, 1.807) is 35.3 Å². The third-order valence-electron chi connectivity index (χ3n) is 11.0. The first-order valence-corrected chi connectivity index (χ1v) is 15.0. The number of nitrogens with one attached hydrogen (secondary N) is 1. The molecule has 10 nitrogen and oxygen atoms in total. The van der Waals surface area contributed by atoms with Crippen LogP contribution < -0.4 is 4.90 Å². The van der Waals surface area contributed by atoms with Gasteiger partial charge in [0.15, 0.2) is 17.4 Å². The Hall–Kier alpha value is -3.83. The Labute approximate surface area is 258 Å². The van der Waals surface area contributed by atoms with Gasteiger partial charge in [0.1, 0.15) is 11.4 Å². The van der Waals surface area contributed by atoms with Crippen LogP contribution in [0.25, 0.3) is 17.0 Å². The van der Waals surface area contributed by atoms with E-state index in [1.165, 1.54) is 24.3 Å². The molecule has 0 unspecified atom stereocenters. The number of hydrogen-bond donors (Lipinski definition) is 4. The Balaban J connectivity index is 1.44. The van der Waals surface area contributed by atoms with Gasteiger partial charge in [0, 0.05) is 62.9 Å². The summed E-state index contributed by atoms with van der Waals surface area (Å²) in [6.45, 7) is 9.72. The van der Waals surface area contributed by atoms with Gasteiger partial charge in [-0.3, -0.25) is 19.4 Å². The molecule has 3 saturated heterocycles. The van der Waals surface area contributed by atoms with E-state index >= 15 is 4.79 Å². The second-order valence-corrected chi connectivity index (χ2v) is 14.1. The number of aromatic nitrogens is 1. The number of aromatic hydroxyl groups is 1. The van der Waals surface area contributed by atoms with Crippen molar-refractivity contribution in [2.45, 2.75) is 68.7 Å². The van der Waals surface area contributed by atoms with E-state index in [-0.39, 0.29) is 17.0 Å². The highest BCUT2D eigenvalue weighted by Gasteiger charge is 2.92. The maximum absolute atomic E-state index is 15.0. The van der Waals surface area contributed by atoms with Crippen molar-refractivity contribution in [2.75, 3.05) is 12.0 Å². The quantitative estimate of drug-likeness (QED) is 0.326. The zero-order valence-electron chi connectivity index (χ0n) is 25.1. The molecule has 0 saturated carbocycles. The van der Waals surface area contributed by atoms with E-state index in [9.17, 15) is 20.1 Å². The first-order valence-electron chi connectivity index (χ1n) is 14.6. The second kappa shape index (κ2) is 7.87. The Morgan fingerprint density at radius 1 is 1.05 bits per heavy atom. The van der Waals surface area contributed by atoms with E-state index < -0.39 is 51.8 Å². The number of aliphatic hydroxyl groups is 2. The monoisotopic (exact) mass is 616 g/mol. The van der Waals surface area contributed by atoms with Crippen molar-refractivity contribution in [3.63, 3.8) is 0 Å². The normalized spacial score (nSPS) is 35.8. The van der Waals surface area contributed by atoms with Crippen LogP contribution >= 0.6 is 11.6 Å². The van der Waals surface area contributed by atoms with Crippen LogP contribution in [0.15, 0.2) is 54.4 Å². The number of rotatable bonds is 1. The van der Waals surface area contributed by atoms with Gasteiger partial charge in [0.2, 0.25) is 0 Å². The highest BCUT2D eigenvalue weighted by Crippen LogP contribution is 2.75. The molecular weight excluding hydrogens is 584 g/mol. The van der Waals surface area contributed by atoms with E-state index in [0.717, 1.165) is 21.5 Å². The van der Waals surface area contributed by atoms with Crippen LogP contribution in [0, 0.1) is 5.92 Å². The number of halogens is 1. The summed E-state index contributed by atoms with van der Waals surface area (Å²) in [6, 6.07) is 10.2.